The summed E-state index contributed by atoms with van der Waals surface area (Å²) in [7, 11) is 0. The molecule has 1 saturated heterocycles. The van der Waals surface area contributed by atoms with Gasteiger partial charge < -0.3 is 20.3 Å². The Balaban J connectivity index is 1.75. The topological polar surface area (TPSA) is 66.0 Å². The Kier molecular flexibility index (Phi) is 3.01. The molecule has 2 N–H and O–H groups in total. The van der Waals surface area contributed by atoms with Crippen molar-refractivity contribution in [3.63, 3.8) is 0 Å². The third-order valence-electron chi connectivity index (χ3n) is 4.15. The van der Waals surface area contributed by atoms with Gasteiger partial charge in [0.05, 0.1) is 30.3 Å². The quantitative estimate of drug-likeness (QED) is 0.817. The van der Waals surface area contributed by atoms with Gasteiger partial charge in [0.15, 0.2) is 0 Å². The SMILES string of the molecule is O=C1NC=NC2Nc3cc(Cl)c(N4CCOCC4)cc3C12. The number of nitrogens with one attached hydrogen (secondary N) is 2. The minimum absolute atomic E-state index is 0.0310. The maximum absolute atomic E-state index is 12.1. The van der Waals surface area contributed by atoms with Crippen molar-refractivity contribution in [2.45, 2.75) is 12.1 Å². The van der Waals surface area contributed by atoms with Crippen LogP contribution in [0.1, 0.15) is 11.5 Å². The van der Waals surface area contributed by atoms with Crippen LogP contribution in [-0.2, 0) is 9.53 Å². The maximum atomic E-state index is 12.1. The average molecular weight is 307 g/mol. The van der Waals surface area contributed by atoms with Gasteiger partial charge in [-0.05, 0) is 17.7 Å². The van der Waals surface area contributed by atoms with Gasteiger partial charge in [-0.15, -0.1) is 0 Å². The minimum atomic E-state index is -0.290. The molecule has 110 valence electrons. The average Bonchev–Trinajstić information content (AvgIpc) is 2.85. The number of amides is 1. The normalized spacial score (nSPS) is 26.9. The summed E-state index contributed by atoms with van der Waals surface area (Å²) >= 11 is 6.41. The van der Waals surface area contributed by atoms with Gasteiger partial charge in [0.1, 0.15) is 12.1 Å². The van der Waals surface area contributed by atoms with E-state index in [-0.39, 0.29) is 18.0 Å². The summed E-state index contributed by atoms with van der Waals surface area (Å²) in [6.07, 6.45) is 1.22. The molecule has 4 rings (SSSR count). The fourth-order valence-electron chi connectivity index (χ4n) is 3.10. The summed E-state index contributed by atoms with van der Waals surface area (Å²) in [5.41, 5.74) is 2.81. The summed E-state index contributed by atoms with van der Waals surface area (Å²) in [5.74, 6) is -0.321. The number of carbonyl (C=O) groups is 1. The van der Waals surface area contributed by atoms with Gasteiger partial charge in [0, 0.05) is 18.8 Å². The fraction of sp³-hybridized carbons (Fsp3) is 0.429. The monoisotopic (exact) mass is 306 g/mol. The largest absolute Gasteiger partial charge is 0.378 e. The number of halogens is 1. The number of anilines is 2. The highest BCUT2D eigenvalue weighted by Gasteiger charge is 2.39. The second-order valence-corrected chi connectivity index (χ2v) is 5.75. The van der Waals surface area contributed by atoms with E-state index >= 15 is 0 Å². The first-order chi connectivity index (χ1) is 10.2. The number of ether oxygens (including phenoxy) is 1. The number of morpholine rings is 1. The highest BCUT2D eigenvalue weighted by molar-refractivity contribution is 6.33. The molecule has 0 radical (unpaired) electrons. The van der Waals surface area contributed by atoms with Crippen LogP contribution in [0, 0.1) is 0 Å². The van der Waals surface area contributed by atoms with Crippen LogP contribution in [-0.4, -0.2) is 44.7 Å². The van der Waals surface area contributed by atoms with Crippen LogP contribution in [0.5, 0.6) is 0 Å². The summed E-state index contributed by atoms with van der Waals surface area (Å²) < 4.78 is 5.38. The molecule has 1 aromatic carbocycles. The highest BCUT2D eigenvalue weighted by Crippen LogP contribution is 2.43. The van der Waals surface area contributed by atoms with Crippen molar-refractivity contribution in [1.82, 2.24) is 5.32 Å². The Hall–Kier alpha value is -1.79. The van der Waals surface area contributed by atoms with E-state index in [0.717, 1.165) is 30.0 Å². The Bertz CT molecular complexity index is 628. The van der Waals surface area contributed by atoms with Crippen LogP contribution >= 0.6 is 11.6 Å². The smallest absolute Gasteiger partial charge is 0.236 e. The standard InChI is InChI=1S/C14H15ClN4O2/c15-9-6-10-8(5-11(9)19-1-3-21-4-2-19)12-13(18-10)16-7-17-14(12)20/h5-7,12-13,18H,1-4H2,(H,16,17,20). The van der Waals surface area contributed by atoms with Gasteiger partial charge in [-0.3, -0.25) is 4.79 Å². The van der Waals surface area contributed by atoms with Crippen molar-refractivity contribution in [2.75, 3.05) is 36.5 Å². The van der Waals surface area contributed by atoms with E-state index in [0.29, 0.717) is 18.2 Å². The molecule has 0 aromatic heterocycles. The zero-order chi connectivity index (χ0) is 14.4. The van der Waals surface area contributed by atoms with Gasteiger partial charge in [-0.25, -0.2) is 4.99 Å². The van der Waals surface area contributed by atoms with Crippen molar-refractivity contribution >= 4 is 35.2 Å². The van der Waals surface area contributed by atoms with Gasteiger partial charge in [0.25, 0.3) is 0 Å². The molecule has 3 heterocycles. The van der Waals surface area contributed by atoms with E-state index in [9.17, 15) is 4.79 Å². The summed E-state index contributed by atoms with van der Waals surface area (Å²) in [5, 5.41) is 6.61. The second kappa shape index (κ2) is 4.89. The molecule has 7 heteroatoms. The lowest BCUT2D eigenvalue weighted by Crippen LogP contribution is -2.39. The van der Waals surface area contributed by atoms with Crippen molar-refractivity contribution in [1.29, 1.82) is 0 Å². The van der Waals surface area contributed by atoms with Crippen LogP contribution in [0.15, 0.2) is 17.1 Å². The molecular formula is C14H15ClN4O2. The van der Waals surface area contributed by atoms with E-state index in [2.05, 4.69) is 20.5 Å². The van der Waals surface area contributed by atoms with Crippen molar-refractivity contribution < 1.29 is 9.53 Å². The maximum Gasteiger partial charge on any atom is 0.236 e. The van der Waals surface area contributed by atoms with Crippen LogP contribution in [0.25, 0.3) is 0 Å². The van der Waals surface area contributed by atoms with E-state index in [4.69, 9.17) is 16.3 Å². The molecule has 0 bridgehead atoms. The van der Waals surface area contributed by atoms with Gasteiger partial charge >= 0.3 is 0 Å². The predicted molar refractivity (Wildman–Crippen MR) is 81.3 cm³/mol. The molecule has 0 saturated carbocycles. The molecule has 21 heavy (non-hydrogen) atoms. The Labute approximate surface area is 127 Å². The second-order valence-electron chi connectivity index (χ2n) is 5.34. The summed E-state index contributed by atoms with van der Waals surface area (Å²) in [6, 6.07) is 3.91. The van der Waals surface area contributed by atoms with Gasteiger partial charge in [-0.1, -0.05) is 11.6 Å². The molecule has 1 fully saturated rings. The van der Waals surface area contributed by atoms with Crippen molar-refractivity contribution in [3.8, 4) is 0 Å². The first-order valence-electron chi connectivity index (χ1n) is 6.99. The third-order valence-corrected chi connectivity index (χ3v) is 4.45. The zero-order valence-corrected chi connectivity index (χ0v) is 12.1. The molecule has 3 aliphatic heterocycles. The number of carbonyl (C=O) groups excluding carboxylic acids is 1. The number of aliphatic imine (C=N–C) groups is 1. The third kappa shape index (κ3) is 2.06. The molecular weight excluding hydrogens is 292 g/mol. The zero-order valence-electron chi connectivity index (χ0n) is 11.3. The molecule has 2 atom stereocenters. The molecule has 2 unspecified atom stereocenters. The predicted octanol–water partition coefficient (Wildman–Crippen LogP) is 1.17. The Morgan fingerprint density at radius 1 is 1.33 bits per heavy atom. The van der Waals surface area contributed by atoms with Crippen LogP contribution < -0.4 is 15.5 Å². The molecule has 6 nitrogen and oxygen atoms in total. The molecule has 0 aliphatic carbocycles. The first-order valence-corrected chi connectivity index (χ1v) is 7.36. The van der Waals surface area contributed by atoms with E-state index in [1.54, 1.807) is 0 Å². The number of fused-ring (bicyclic) bond motifs is 3. The molecule has 0 spiro atoms. The van der Waals surface area contributed by atoms with Gasteiger partial charge in [0.2, 0.25) is 5.91 Å². The van der Waals surface area contributed by atoms with Crippen LogP contribution in [0.2, 0.25) is 5.02 Å². The molecule has 1 amide bonds. The summed E-state index contributed by atoms with van der Waals surface area (Å²) in [4.78, 5) is 18.6. The number of rotatable bonds is 1. The number of benzene rings is 1. The number of hydrogen-bond acceptors (Lipinski definition) is 5. The van der Waals surface area contributed by atoms with Gasteiger partial charge in [-0.2, -0.15) is 0 Å². The van der Waals surface area contributed by atoms with Crippen molar-refractivity contribution in [2.24, 2.45) is 4.99 Å². The van der Waals surface area contributed by atoms with E-state index in [1.807, 2.05) is 12.1 Å². The Morgan fingerprint density at radius 3 is 2.95 bits per heavy atom. The van der Waals surface area contributed by atoms with Crippen LogP contribution in [0.4, 0.5) is 11.4 Å². The highest BCUT2D eigenvalue weighted by atomic mass is 35.5. The fourth-order valence-corrected chi connectivity index (χ4v) is 3.38. The minimum Gasteiger partial charge on any atom is -0.378 e. The van der Waals surface area contributed by atoms with Crippen LogP contribution in [0.3, 0.4) is 0 Å². The lowest BCUT2D eigenvalue weighted by Gasteiger charge is -2.30. The number of hydrogen-bond donors (Lipinski definition) is 2. The lowest BCUT2D eigenvalue weighted by molar-refractivity contribution is -0.121. The Morgan fingerprint density at radius 2 is 2.14 bits per heavy atom. The van der Waals surface area contributed by atoms with Crippen molar-refractivity contribution in [3.05, 3.63) is 22.7 Å². The molecule has 1 aromatic rings. The summed E-state index contributed by atoms with van der Waals surface area (Å²) in [6.45, 7) is 3.01. The molecule has 3 aliphatic rings. The first kappa shape index (κ1) is 12.9. The lowest BCUT2D eigenvalue weighted by atomic mass is 9.96. The number of nitrogens with zero attached hydrogens (tertiary/aromatic N) is 2. The van der Waals surface area contributed by atoms with E-state index < -0.39 is 0 Å². The van der Waals surface area contributed by atoms with E-state index in [1.165, 1.54) is 6.34 Å².